The summed E-state index contributed by atoms with van der Waals surface area (Å²) in [5.41, 5.74) is 4.72. The maximum atomic E-state index is 3.88. The summed E-state index contributed by atoms with van der Waals surface area (Å²) in [4.78, 5) is 0. The van der Waals surface area contributed by atoms with Crippen LogP contribution in [0.25, 0.3) is 0 Å². The lowest BCUT2D eigenvalue weighted by atomic mass is 9.95. The summed E-state index contributed by atoms with van der Waals surface area (Å²) in [5.74, 6) is 0. The Morgan fingerprint density at radius 3 is 1.69 bits per heavy atom. The summed E-state index contributed by atoms with van der Waals surface area (Å²) >= 11 is 0. The van der Waals surface area contributed by atoms with Crippen molar-refractivity contribution in [2.75, 3.05) is 0 Å². The van der Waals surface area contributed by atoms with Gasteiger partial charge in [-0.3, -0.25) is 0 Å². The van der Waals surface area contributed by atoms with E-state index in [1.165, 1.54) is 11.1 Å². The zero-order valence-corrected chi connectivity index (χ0v) is 10.9. The standard InChI is InChI=1S/C16H22/c1-7-11-14(6)16(12-8-2)15(10-4)13(5)9-3/h7-12H,3-4H2,1-2,5-6H3/b11-7-,12-8-,15-13+,16-14+. The molecule has 0 saturated carbocycles. The first-order chi connectivity index (χ1) is 7.62. The smallest absolute Gasteiger partial charge is 0.0156 e. The molecule has 0 aromatic rings. The van der Waals surface area contributed by atoms with E-state index >= 15 is 0 Å². The molecule has 0 aliphatic carbocycles. The molecule has 0 atom stereocenters. The Labute approximate surface area is 100 Å². The number of hydrogen-bond donors (Lipinski definition) is 0. The third kappa shape index (κ3) is 3.90. The minimum Gasteiger partial charge on any atom is -0.0988 e. The van der Waals surface area contributed by atoms with Crippen molar-refractivity contribution in [3.05, 3.63) is 71.9 Å². The second-order valence-electron chi connectivity index (χ2n) is 3.60. The van der Waals surface area contributed by atoms with Gasteiger partial charge in [-0.2, -0.15) is 0 Å². The molecule has 0 unspecified atom stereocenters. The van der Waals surface area contributed by atoms with Crippen molar-refractivity contribution in [2.45, 2.75) is 27.7 Å². The summed E-state index contributed by atoms with van der Waals surface area (Å²) in [5, 5.41) is 0. The van der Waals surface area contributed by atoms with Crippen LogP contribution in [-0.4, -0.2) is 0 Å². The lowest BCUT2D eigenvalue weighted by molar-refractivity contribution is 1.34. The average Bonchev–Trinajstić information content (AvgIpc) is 2.28. The number of rotatable bonds is 5. The zero-order valence-electron chi connectivity index (χ0n) is 10.9. The van der Waals surface area contributed by atoms with Crippen molar-refractivity contribution in [3.8, 4) is 0 Å². The van der Waals surface area contributed by atoms with Crippen molar-refractivity contribution in [1.29, 1.82) is 0 Å². The molecule has 0 N–H and O–H groups in total. The SMILES string of the molecule is C=C/C(C)=C(C=C)/C(/C=C\C)=C(C)/C=C\C. The molecule has 0 aliphatic rings. The maximum absolute atomic E-state index is 3.88. The van der Waals surface area contributed by atoms with Gasteiger partial charge in [-0.15, -0.1) is 0 Å². The molecule has 0 nitrogen and oxygen atoms in total. The first-order valence-corrected chi connectivity index (χ1v) is 5.54. The Morgan fingerprint density at radius 1 is 0.750 bits per heavy atom. The van der Waals surface area contributed by atoms with Gasteiger partial charge in [-0.05, 0) is 50.0 Å². The predicted octanol–water partition coefficient (Wildman–Crippen LogP) is 5.14. The van der Waals surface area contributed by atoms with Crippen molar-refractivity contribution in [3.63, 3.8) is 0 Å². The van der Waals surface area contributed by atoms with Crippen molar-refractivity contribution in [2.24, 2.45) is 0 Å². The van der Waals surface area contributed by atoms with Gasteiger partial charge in [0.25, 0.3) is 0 Å². The van der Waals surface area contributed by atoms with E-state index < -0.39 is 0 Å². The van der Waals surface area contributed by atoms with E-state index in [4.69, 9.17) is 0 Å². The molecule has 0 aromatic carbocycles. The molecule has 0 aromatic heterocycles. The number of hydrogen-bond acceptors (Lipinski definition) is 0. The molecular formula is C16H22. The normalized spacial score (nSPS) is 15.0. The third-order valence-corrected chi connectivity index (χ3v) is 2.40. The van der Waals surface area contributed by atoms with E-state index in [-0.39, 0.29) is 0 Å². The molecule has 0 saturated heterocycles. The van der Waals surface area contributed by atoms with Crippen LogP contribution in [0.1, 0.15) is 27.7 Å². The van der Waals surface area contributed by atoms with Crippen LogP contribution in [0.4, 0.5) is 0 Å². The minimum absolute atomic E-state index is 1.14. The van der Waals surface area contributed by atoms with E-state index in [2.05, 4.69) is 39.2 Å². The minimum atomic E-state index is 1.14. The molecule has 0 spiro atoms. The topological polar surface area (TPSA) is 0 Å². The van der Waals surface area contributed by atoms with E-state index in [1.807, 2.05) is 38.2 Å². The maximum Gasteiger partial charge on any atom is -0.0156 e. The van der Waals surface area contributed by atoms with Crippen molar-refractivity contribution in [1.82, 2.24) is 0 Å². The highest BCUT2D eigenvalue weighted by Crippen LogP contribution is 2.22. The summed E-state index contributed by atoms with van der Waals surface area (Å²) in [6.07, 6.45) is 12.1. The van der Waals surface area contributed by atoms with Gasteiger partial charge >= 0.3 is 0 Å². The summed E-state index contributed by atoms with van der Waals surface area (Å²) in [6, 6.07) is 0. The van der Waals surface area contributed by atoms with Gasteiger partial charge in [0.05, 0.1) is 0 Å². The van der Waals surface area contributed by atoms with Crippen LogP contribution in [0.15, 0.2) is 71.9 Å². The van der Waals surface area contributed by atoms with Crippen LogP contribution in [0.5, 0.6) is 0 Å². The molecule has 86 valence electrons. The lowest BCUT2D eigenvalue weighted by Gasteiger charge is -2.09. The monoisotopic (exact) mass is 214 g/mol. The Bertz CT molecular complexity index is 371. The van der Waals surface area contributed by atoms with Crippen molar-refractivity contribution < 1.29 is 0 Å². The molecule has 0 heterocycles. The van der Waals surface area contributed by atoms with Gasteiger partial charge in [0.2, 0.25) is 0 Å². The van der Waals surface area contributed by atoms with Gasteiger partial charge in [0.15, 0.2) is 0 Å². The molecule has 0 rings (SSSR count). The first kappa shape index (κ1) is 14.4. The van der Waals surface area contributed by atoms with Crippen molar-refractivity contribution >= 4 is 0 Å². The van der Waals surface area contributed by atoms with Gasteiger partial charge in [0, 0.05) is 0 Å². The molecule has 0 bridgehead atoms. The Morgan fingerprint density at radius 2 is 1.31 bits per heavy atom. The fourth-order valence-electron chi connectivity index (χ4n) is 1.53. The molecule has 0 radical (unpaired) electrons. The first-order valence-electron chi connectivity index (χ1n) is 5.54. The van der Waals surface area contributed by atoms with Crippen LogP contribution in [0.3, 0.4) is 0 Å². The third-order valence-electron chi connectivity index (χ3n) is 2.40. The lowest BCUT2D eigenvalue weighted by Crippen LogP contribution is -1.90. The van der Waals surface area contributed by atoms with Crippen LogP contribution in [0, 0.1) is 0 Å². The van der Waals surface area contributed by atoms with Gasteiger partial charge in [-0.25, -0.2) is 0 Å². The quantitative estimate of drug-likeness (QED) is 0.556. The highest BCUT2D eigenvalue weighted by atomic mass is 14.1. The van der Waals surface area contributed by atoms with E-state index in [9.17, 15) is 0 Å². The molecular weight excluding hydrogens is 192 g/mol. The van der Waals surface area contributed by atoms with Crippen LogP contribution in [-0.2, 0) is 0 Å². The highest BCUT2D eigenvalue weighted by molar-refractivity contribution is 5.54. The largest absolute Gasteiger partial charge is 0.0988 e. The second kappa shape index (κ2) is 7.70. The second-order valence-corrected chi connectivity index (χ2v) is 3.60. The van der Waals surface area contributed by atoms with Crippen LogP contribution >= 0.6 is 0 Å². The van der Waals surface area contributed by atoms with E-state index in [0.717, 1.165) is 11.1 Å². The van der Waals surface area contributed by atoms with Gasteiger partial charge in [0.1, 0.15) is 0 Å². The fraction of sp³-hybridized carbons (Fsp3) is 0.250. The highest BCUT2D eigenvalue weighted by Gasteiger charge is 2.03. The Kier molecular flexibility index (Phi) is 6.95. The summed E-state index contributed by atoms with van der Waals surface area (Å²) in [6.45, 7) is 15.9. The predicted molar refractivity (Wildman–Crippen MR) is 75.4 cm³/mol. The molecule has 0 aliphatic heterocycles. The molecule has 0 fully saturated rings. The number of allylic oxidation sites excluding steroid dienone is 10. The Hall–Kier alpha value is -1.56. The van der Waals surface area contributed by atoms with Crippen LogP contribution < -0.4 is 0 Å². The summed E-state index contributed by atoms with van der Waals surface area (Å²) in [7, 11) is 0. The molecule has 16 heavy (non-hydrogen) atoms. The molecule has 0 amide bonds. The van der Waals surface area contributed by atoms with E-state index in [1.54, 1.807) is 0 Å². The van der Waals surface area contributed by atoms with E-state index in [0.29, 0.717) is 0 Å². The fourth-order valence-corrected chi connectivity index (χ4v) is 1.53. The van der Waals surface area contributed by atoms with Crippen LogP contribution in [0.2, 0.25) is 0 Å². The van der Waals surface area contributed by atoms with Gasteiger partial charge < -0.3 is 0 Å². The zero-order chi connectivity index (χ0) is 12.6. The van der Waals surface area contributed by atoms with Gasteiger partial charge in [-0.1, -0.05) is 49.6 Å². The molecule has 0 heteroatoms. The average molecular weight is 214 g/mol. The Balaban J connectivity index is 5.79. The summed E-state index contributed by atoms with van der Waals surface area (Å²) < 4.78 is 0.